The van der Waals surface area contributed by atoms with Gasteiger partial charge in [-0.05, 0) is 48.4 Å². The fourth-order valence-electron chi connectivity index (χ4n) is 2.63. The maximum absolute atomic E-state index is 5.52. The fraction of sp³-hybridized carbons (Fsp3) is 0.312. The largest absolute Gasteiger partial charge is 0.441 e. The first kappa shape index (κ1) is 12.0. The molecule has 1 unspecified atom stereocenters. The molecule has 0 bridgehead atoms. The Morgan fingerprint density at radius 3 is 3.00 bits per heavy atom. The van der Waals surface area contributed by atoms with E-state index in [2.05, 4.69) is 39.9 Å². The maximum Gasteiger partial charge on any atom is 0.192 e. The van der Waals surface area contributed by atoms with Gasteiger partial charge in [0.05, 0.1) is 6.04 Å². The minimum Gasteiger partial charge on any atom is -0.441 e. The van der Waals surface area contributed by atoms with Crippen LogP contribution in [0.1, 0.15) is 29.7 Å². The minimum absolute atomic E-state index is 0.431. The minimum atomic E-state index is 0.431. The van der Waals surface area contributed by atoms with Gasteiger partial charge in [0.2, 0.25) is 0 Å². The van der Waals surface area contributed by atoms with Crippen LogP contribution in [-0.4, -0.2) is 4.98 Å². The molecule has 0 radical (unpaired) electrons. The third-order valence-electron chi connectivity index (χ3n) is 3.76. The molecular weight excluding hydrogens is 268 g/mol. The number of nitrogens with zero attached hydrogens (tertiary/aromatic N) is 1. The number of fused-ring (bicyclic) bond motifs is 1. The van der Waals surface area contributed by atoms with Crippen molar-refractivity contribution in [3.63, 3.8) is 0 Å². The zero-order chi connectivity index (χ0) is 13.5. The Labute approximate surface area is 121 Å². The van der Waals surface area contributed by atoms with E-state index in [4.69, 9.17) is 4.42 Å². The van der Waals surface area contributed by atoms with Gasteiger partial charge >= 0.3 is 0 Å². The average molecular weight is 284 g/mol. The number of oxazole rings is 1. The molecule has 2 aromatic heterocycles. The molecule has 1 N–H and O–H groups in total. The summed E-state index contributed by atoms with van der Waals surface area (Å²) in [6.45, 7) is 1.88. The Morgan fingerprint density at radius 2 is 2.25 bits per heavy atom. The van der Waals surface area contributed by atoms with Gasteiger partial charge in [0.15, 0.2) is 11.5 Å². The van der Waals surface area contributed by atoms with Crippen LogP contribution >= 0.6 is 11.3 Å². The van der Waals surface area contributed by atoms with E-state index in [0.29, 0.717) is 11.9 Å². The molecule has 0 saturated heterocycles. The van der Waals surface area contributed by atoms with Crippen molar-refractivity contribution in [3.05, 3.63) is 46.5 Å². The van der Waals surface area contributed by atoms with E-state index in [1.165, 1.54) is 17.7 Å². The van der Waals surface area contributed by atoms with Crippen molar-refractivity contribution in [2.45, 2.75) is 25.8 Å². The quantitative estimate of drug-likeness (QED) is 0.750. The van der Waals surface area contributed by atoms with Crippen molar-refractivity contribution in [1.29, 1.82) is 0 Å². The molecule has 2 heterocycles. The van der Waals surface area contributed by atoms with Gasteiger partial charge in [-0.1, -0.05) is 6.07 Å². The van der Waals surface area contributed by atoms with Crippen LogP contribution in [0.15, 0.2) is 40.1 Å². The van der Waals surface area contributed by atoms with E-state index in [-0.39, 0.29) is 0 Å². The fourth-order valence-corrected chi connectivity index (χ4v) is 3.50. The van der Waals surface area contributed by atoms with Gasteiger partial charge in [-0.2, -0.15) is 0 Å². The second kappa shape index (κ2) is 4.63. The first-order chi connectivity index (χ1) is 9.79. The Morgan fingerprint density at radius 1 is 1.35 bits per heavy atom. The molecule has 0 amide bonds. The second-order valence-electron chi connectivity index (χ2n) is 5.39. The number of aromatic nitrogens is 1. The lowest BCUT2D eigenvalue weighted by molar-refractivity contribution is 0.561. The number of anilines is 1. The van der Waals surface area contributed by atoms with Crippen LogP contribution < -0.4 is 5.32 Å². The summed E-state index contributed by atoms with van der Waals surface area (Å²) in [5.74, 6) is 1.48. The van der Waals surface area contributed by atoms with Gasteiger partial charge in [-0.25, -0.2) is 4.98 Å². The van der Waals surface area contributed by atoms with Crippen molar-refractivity contribution in [2.24, 2.45) is 5.92 Å². The number of rotatable bonds is 4. The second-order valence-corrected chi connectivity index (χ2v) is 6.37. The molecule has 3 nitrogen and oxygen atoms in total. The topological polar surface area (TPSA) is 38.1 Å². The Balaban J connectivity index is 1.64. The maximum atomic E-state index is 5.52. The van der Waals surface area contributed by atoms with E-state index >= 15 is 0 Å². The molecule has 1 aliphatic carbocycles. The predicted molar refractivity (Wildman–Crippen MR) is 82.2 cm³/mol. The number of thiophene rings is 1. The molecule has 1 fully saturated rings. The first-order valence-corrected chi connectivity index (χ1v) is 7.85. The molecule has 4 rings (SSSR count). The van der Waals surface area contributed by atoms with E-state index < -0.39 is 0 Å². The van der Waals surface area contributed by atoms with Crippen molar-refractivity contribution in [1.82, 2.24) is 4.98 Å². The highest BCUT2D eigenvalue weighted by molar-refractivity contribution is 7.10. The summed E-state index contributed by atoms with van der Waals surface area (Å²) in [4.78, 5) is 5.82. The predicted octanol–water partition coefficient (Wildman–Crippen LogP) is 4.76. The third kappa shape index (κ3) is 2.20. The highest BCUT2D eigenvalue weighted by Gasteiger charge is 2.32. The lowest BCUT2D eigenvalue weighted by Crippen LogP contribution is -2.11. The van der Waals surface area contributed by atoms with E-state index in [1.54, 1.807) is 0 Å². The smallest absolute Gasteiger partial charge is 0.192 e. The average Bonchev–Trinajstić information content (AvgIpc) is 2.98. The molecule has 4 heteroatoms. The molecule has 1 aromatic carbocycles. The summed E-state index contributed by atoms with van der Waals surface area (Å²) < 4.78 is 5.52. The van der Waals surface area contributed by atoms with Gasteiger partial charge in [0.1, 0.15) is 5.52 Å². The zero-order valence-corrected chi connectivity index (χ0v) is 12.1. The third-order valence-corrected chi connectivity index (χ3v) is 4.72. The molecule has 20 heavy (non-hydrogen) atoms. The monoisotopic (exact) mass is 284 g/mol. The summed E-state index contributed by atoms with van der Waals surface area (Å²) in [5.41, 5.74) is 2.90. The number of nitrogens with one attached hydrogen (secondary N) is 1. The van der Waals surface area contributed by atoms with Gasteiger partial charge in [-0.15, -0.1) is 11.3 Å². The molecule has 1 saturated carbocycles. The van der Waals surface area contributed by atoms with Crippen molar-refractivity contribution >= 4 is 28.1 Å². The molecule has 102 valence electrons. The van der Waals surface area contributed by atoms with Crippen LogP contribution in [0.3, 0.4) is 0 Å². The van der Waals surface area contributed by atoms with E-state index in [0.717, 1.165) is 22.7 Å². The number of hydrogen-bond acceptors (Lipinski definition) is 4. The first-order valence-electron chi connectivity index (χ1n) is 6.97. The van der Waals surface area contributed by atoms with Gasteiger partial charge in [0.25, 0.3) is 0 Å². The summed E-state index contributed by atoms with van der Waals surface area (Å²) in [5, 5.41) is 5.82. The molecule has 0 spiro atoms. The summed E-state index contributed by atoms with van der Waals surface area (Å²) >= 11 is 1.83. The van der Waals surface area contributed by atoms with Crippen LogP contribution in [-0.2, 0) is 0 Å². The SMILES string of the molecule is Cc1nc2cc(NC(c3cccs3)C3CC3)ccc2o1. The van der Waals surface area contributed by atoms with Gasteiger partial charge in [0, 0.05) is 17.5 Å². The van der Waals surface area contributed by atoms with Gasteiger partial charge < -0.3 is 9.73 Å². The van der Waals surface area contributed by atoms with Gasteiger partial charge in [-0.3, -0.25) is 0 Å². The van der Waals surface area contributed by atoms with Crippen LogP contribution in [0.2, 0.25) is 0 Å². The number of benzene rings is 1. The molecule has 1 aliphatic rings. The molecule has 1 atom stereocenters. The zero-order valence-electron chi connectivity index (χ0n) is 11.3. The summed E-state index contributed by atoms with van der Waals surface area (Å²) in [6.07, 6.45) is 2.64. The molecule has 0 aliphatic heterocycles. The Kier molecular flexibility index (Phi) is 2.77. The highest BCUT2D eigenvalue weighted by atomic mass is 32.1. The lowest BCUT2D eigenvalue weighted by Gasteiger charge is -2.18. The number of hydrogen-bond donors (Lipinski definition) is 1. The van der Waals surface area contributed by atoms with Crippen molar-refractivity contribution < 1.29 is 4.42 Å². The van der Waals surface area contributed by atoms with E-state index in [1.807, 2.05) is 24.3 Å². The van der Waals surface area contributed by atoms with Crippen LogP contribution in [0.25, 0.3) is 11.1 Å². The Bertz CT molecular complexity index is 728. The standard InChI is InChI=1S/C16H16N2OS/c1-10-17-13-9-12(6-7-14(13)19-10)18-16(11-4-5-11)15-3-2-8-20-15/h2-3,6-9,11,16,18H,4-5H2,1H3. The molecule has 3 aromatic rings. The van der Waals surface area contributed by atoms with Crippen molar-refractivity contribution in [3.8, 4) is 0 Å². The highest BCUT2D eigenvalue weighted by Crippen LogP contribution is 2.44. The molecular formula is C16H16N2OS. The van der Waals surface area contributed by atoms with Crippen LogP contribution in [0.4, 0.5) is 5.69 Å². The van der Waals surface area contributed by atoms with E-state index in [9.17, 15) is 0 Å². The Hall–Kier alpha value is -1.81. The lowest BCUT2D eigenvalue weighted by atomic mass is 10.1. The number of aryl methyl sites for hydroxylation is 1. The van der Waals surface area contributed by atoms with Crippen molar-refractivity contribution in [2.75, 3.05) is 5.32 Å². The summed E-state index contributed by atoms with van der Waals surface area (Å²) in [6, 6.07) is 10.9. The van der Waals surface area contributed by atoms with Crippen LogP contribution in [0, 0.1) is 12.8 Å². The normalized spacial score (nSPS) is 16.4. The van der Waals surface area contributed by atoms with Crippen LogP contribution in [0.5, 0.6) is 0 Å². The summed E-state index contributed by atoms with van der Waals surface area (Å²) in [7, 11) is 0.